The van der Waals surface area contributed by atoms with Crippen molar-refractivity contribution in [3.63, 3.8) is 0 Å². The van der Waals surface area contributed by atoms with Crippen LogP contribution < -0.4 is 5.32 Å². The van der Waals surface area contributed by atoms with E-state index in [0.29, 0.717) is 6.04 Å². The van der Waals surface area contributed by atoms with Gasteiger partial charge in [-0.05, 0) is 12.8 Å². The largest absolute Gasteiger partial charge is 0.336 e. The van der Waals surface area contributed by atoms with Crippen LogP contribution in [0.4, 0.5) is 4.79 Å². The number of nitrogens with zero attached hydrogens (tertiary/aromatic N) is 1. The minimum absolute atomic E-state index is 0.151. The number of amides is 2. The first kappa shape index (κ1) is 13.3. The number of hydrogen-bond acceptors (Lipinski definition) is 1. The third-order valence-corrected chi connectivity index (χ3v) is 3.33. The third-order valence-electron chi connectivity index (χ3n) is 3.33. The van der Waals surface area contributed by atoms with Crippen molar-refractivity contribution in [2.45, 2.75) is 64.8 Å². The molecule has 0 saturated carbocycles. The van der Waals surface area contributed by atoms with Gasteiger partial charge in [-0.25, -0.2) is 4.79 Å². The summed E-state index contributed by atoms with van der Waals surface area (Å²) in [4.78, 5) is 13.7. The Morgan fingerprint density at radius 3 is 2.56 bits per heavy atom. The molecule has 1 heterocycles. The monoisotopic (exact) mass is 226 g/mol. The maximum Gasteiger partial charge on any atom is 0.317 e. The van der Waals surface area contributed by atoms with E-state index >= 15 is 0 Å². The molecule has 1 unspecified atom stereocenters. The third kappa shape index (κ3) is 4.03. The van der Waals surface area contributed by atoms with Crippen LogP contribution in [0.1, 0.15) is 58.8 Å². The Labute approximate surface area is 99.6 Å². The number of hydrogen-bond donors (Lipinski definition) is 1. The van der Waals surface area contributed by atoms with Crippen LogP contribution in [0.25, 0.3) is 0 Å². The van der Waals surface area contributed by atoms with Gasteiger partial charge in [0, 0.05) is 13.1 Å². The van der Waals surface area contributed by atoms with E-state index in [9.17, 15) is 4.79 Å². The van der Waals surface area contributed by atoms with Crippen LogP contribution in [-0.2, 0) is 0 Å². The van der Waals surface area contributed by atoms with Crippen LogP contribution in [0.5, 0.6) is 0 Å². The molecular formula is C13H26N2O. The summed E-state index contributed by atoms with van der Waals surface area (Å²) in [5.41, 5.74) is 0. The molecule has 3 heteroatoms. The highest BCUT2D eigenvalue weighted by atomic mass is 16.2. The van der Waals surface area contributed by atoms with Crippen molar-refractivity contribution in [3.8, 4) is 0 Å². The van der Waals surface area contributed by atoms with Gasteiger partial charge >= 0.3 is 6.03 Å². The summed E-state index contributed by atoms with van der Waals surface area (Å²) in [6.45, 7) is 6.21. The molecule has 1 fully saturated rings. The van der Waals surface area contributed by atoms with E-state index in [-0.39, 0.29) is 6.03 Å². The van der Waals surface area contributed by atoms with Gasteiger partial charge in [-0.1, -0.05) is 46.0 Å². The molecule has 1 atom stereocenters. The first-order valence-corrected chi connectivity index (χ1v) is 6.84. The minimum atomic E-state index is 0.151. The number of urea groups is 1. The number of carbonyl (C=O) groups excluding carboxylic acids is 1. The summed E-state index contributed by atoms with van der Waals surface area (Å²) in [5.74, 6) is 0. The topological polar surface area (TPSA) is 32.3 Å². The molecule has 0 radical (unpaired) electrons. The van der Waals surface area contributed by atoms with Crippen molar-refractivity contribution in [2.75, 3.05) is 13.1 Å². The van der Waals surface area contributed by atoms with Gasteiger partial charge in [-0.2, -0.15) is 0 Å². The molecule has 3 nitrogen and oxygen atoms in total. The predicted octanol–water partition coefficient (Wildman–Crippen LogP) is 3.15. The summed E-state index contributed by atoms with van der Waals surface area (Å²) in [7, 11) is 0. The van der Waals surface area contributed by atoms with Crippen LogP contribution in [0, 0.1) is 0 Å². The van der Waals surface area contributed by atoms with Crippen LogP contribution in [-0.4, -0.2) is 30.1 Å². The van der Waals surface area contributed by atoms with E-state index < -0.39 is 0 Å². The first-order valence-electron chi connectivity index (χ1n) is 6.84. The van der Waals surface area contributed by atoms with Gasteiger partial charge in [0.2, 0.25) is 0 Å². The molecule has 0 aliphatic carbocycles. The van der Waals surface area contributed by atoms with Crippen molar-refractivity contribution in [3.05, 3.63) is 0 Å². The standard InChI is InChI=1S/C13H26N2O/c1-3-5-7-9-12-11-14-13(16)15(12)10-8-6-4-2/h12H,3-11H2,1-2H3,(H,14,16). The Kier molecular flexibility index (Phi) is 6.27. The van der Waals surface area contributed by atoms with Crippen LogP contribution >= 0.6 is 0 Å². The van der Waals surface area contributed by atoms with Gasteiger partial charge in [0.05, 0.1) is 6.04 Å². The van der Waals surface area contributed by atoms with Gasteiger partial charge in [0.1, 0.15) is 0 Å². The number of unbranched alkanes of at least 4 members (excludes halogenated alkanes) is 4. The molecule has 0 aromatic carbocycles. The Bertz CT molecular complexity index is 206. The maximum atomic E-state index is 11.6. The lowest BCUT2D eigenvalue weighted by Crippen LogP contribution is -2.35. The molecule has 16 heavy (non-hydrogen) atoms. The van der Waals surface area contributed by atoms with E-state index in [1.807, 2.05) is 4.90 Å². The van der Waals surface area contributed by atoms with Crippen LogP contribution in [0.2, 0.25) is 0 Å². The van der Waals surface area contributed by atoms with Crippen molar-refractivity contribution in [1.82, 2.24) is 10.2 Å². The maximum absolute atomic E-state index is 11.6. The summed E-state index contributed by atoms with van der Waals surface area (Å²) in [5, 5.41) is 2.96. The van der Waals surface area contributed by atoms with Crippen LogP contribution in [0.3, 0.4) is 0 Å². The van der Waals surface area contributed by atoms with Crippen molar-refractivity contribution in [2.24, 2.45) is 0 Å². The van der Waals surface area contributed by atoms with E-state index in [4.69, 9.17) is 0 Å². The average molecular weight is 226 g/mol. The molecule has 0 aromatic rings. The molecule has 0 spiro atoms. The molecule has 1 rings (SSSR count). The predicted molar refractivity (Wildman–Crippen MR) is 67.6 cm³/mol. The number of nitrogens with one attached hydrogen (secondary N) is 1. The molecule has 1 N–H and O–H groups in total. The Morgan fingerprint density at radius 2 is 1.88 bits per heavy atom. The fourth-order valence-electron chi connectivity index (χ4n) is 2.29. The van der Waals surface area contributed by atoms with E-state index in [1.54, 1.807) is 0 Å². The highest BCUT2D eigenvalue weighted by Gasteiger charge is 2.29. The van der Waals surface area contributed by atoms with Gasteiger partial charge < -0.3 is 10.2 Å². The fraction of sp³-hybridized carbons (Fsp3) is 0.923. The van der Waals surface area contributed by atoms with Gasteiger partial charge in [-0.3, -0.25) is 0 Å². The van der Waals surface area contributed by atoms with Crippen LogP contribution in [0.15, 0.2) is 0 Å². The van der Waals surface area contributed by atoms with E-state index in [2.05, 4.69) is 19.2 Å². The summed E-state index contributed by atoms with van der Waals surface area (Å²) in [6, 6.07) is 0.605. The highest BCUT2D eigenvalue weighted by molar-refractivity contribution is 5.76. The molecule has 94 valence electrons. The summed E-state index contributed by atoms with van der Waals surface area (Å²) < 4.78 is 0. The average Bonchev–Trinajstić information content (AvgIpc) is 2.62. The first-order chi connectivity index (χ1) is 7.79. The molecule has 1 aliphatic rings. The number of carbonyl (C=O) groups is 1. The zero-order valence-corrected chi connectivity index (χ0v) is 10.8. The van der Waals surface area contributed by atoms with Crippen molar-refractivity contribution < 1.29 is 4.79 Å². The molecule has 2 amide bonds. The van der Waals surface area contributed by atoms with E-state index in [1.165, 1.54) is 38.5 Å². The Hall–Kier alpha value is -0.730. The zero-order valence-electron chi connectivity index (χ0n) is 10.8. The van der Waals surface area contributed by atoms with Crippen molar-refractivity contribution >= 4 is 6.03 Å². The normalized spacial score (nSPS) is 20.2. The molecular weight excluding hydrogens is 200 g/mol. The summed E-state index contributed by atoms with van der Waals surface area (Å²) in [6.07, 6.45) is 8.55. The highest BCUT2D eigenvalue weighted by Crippen LogP contribution is 2.15. The lowest BCUT2D eigenvalue weighted by Gasteiger charge is -2.22. The second-order valence-corrected chi connectivity index (χ2v) is 4.74. The van der Waals surface area contributed by atoms with Crippen molar-refractivity contribution in [1.29, 1.82) is 0 Å². The summed E-state index contributed by atoms with van der Waals surface area (Å²) >= 11 is 0. The zero-order chi connectivity index (χ0) is 11.8. The second kappa shape index (κ2) is 7.53. The molecule has 0 aromatic heterocycles. The fourth-order valence-corrected chi connectivity index (χ4v) is 2.29. The molecule has 1 saturated heterocycles. The Morgan fingerprint density at radius 1 is 1.19 bits per heavy atom. The van der Waals surface area contributed by atoms with E-state index in [0.717, 1.165) is 19.5 Å². The minimum Gasteiger partial charge on any atom is -0.336 e. The van der Waals surface area contributed by atoms with Gasteiger partial charge in [0.25, 0.3) is 0 Å². The smallest absolute Gasteiger partial charge is 0.317 e. The SMILES string of the molecule is CCCCCC1CNC(=O)N1CCCCC. The molecule has 0 bridgehead atoms. The Balaban J connectivity index is 2.28. The van der Waals surface area contributed by atoms with Gasteiger partial charge in [0.15, 0.2) is 0 Å². The lowest BCUT2D eigenvalue weighted by atomic mass is 10.1. The lowest BCUT2D eigenvalue weighted by molar-refractivity contribution is 0.199. The van der Waals surface area contributed by atoms with Gasteiger partial charge in [-0.15, -0.1) is 0 Å². The second-order valence-electron chi connectivity index (χ2n) is 4.74. The molecule has 1 aliphatic heterocycles. The quantitative estimate of drug-likeness (QED) is 0.634. The number of rotatable bonds is 8.